The Labute approximate surface area is 198 Å². The van der Waals surface area contributed by atoms with Crippen molar-refractivity contribution >= 4 is 57.0 Å². The predicted molar refractivity (Wildman–Crippen MR) is 127 cm³/mol. The van der Waals surface area contributed by atoms with Crippen molar-refractivity contribution in [3.63, 3.8) is 0 Å². The van der Waals surface area contributed by atoms with Gasteiger partial charge in [0.25, 0.3) is 5.91 Å². The first-order chi connectivity index (χ1) is 15.7. The molecule has 0 radical (unpaired) electrons. The number of amides is 1. The van der Waals surface area contributed by atoms with Gasteiger partial charge in [-0.05, 0) is 47.9 Å². The first-order valence-corrected chi connectivity index (χ1v) is 10.9. The molecule has 33 heavy (non-hydrogen) atoms. The quantitative estimate of drug-likeness (QED) is 0.473. The molecule has 2 N–H and O–H groups in total. The highest BCUT2D eigenvalue weighted by molar-refractivity contribution is 7.80. The minimum absolute atomic E-state index is 0.118. The van der Waals surface area contributed by atoms with Gasteiger partial charge in [0.1, 0.15) is 0 Å². The number of hydrogen-bond acceptors (Lipinski definition) is 4. The number of hydrogen-bond donors (Lipinski definition) is 2. The monoisotopic (exact) mass is 493 g/mol. The summed E-state index contributed by atoms with van der Waals surface area (Å²) in [5, 5.41) is 7.06. The maximum absolute atomic E-state index is 13.3. The molecule has 1 aliphatic heterocycles. The third-order valence-electron chi connectivity index (χ3n) is 5.26. The standard InChI is InChI=1S/C23H19ClF3N3O2S/c24-18-6-2-3-15-16(18)4-1-5-17(15)21(31)29-22(33)28-19-13-14(23(25,26)27)7-8-20(19)30-9-11-32-12-10-30/h1-8,13H,9-12H2,(H2,28,29,31,33). The van der Waals surface area contributed by atoms with Crippen molar-refractivity contribution in [3.8, 4) is 0 Å². The van der Waals surface area contributed by atoms with E-state index >= 15 is 0 Å². The van der Waals surface area contributed by atoms with Gasteiger partial charge >= 0.3 is 6.18 Å². The molecule has 5 nitrogen and oxygen atoms in total. The molecule has 0 spiro atoms. The van der Waals surface area contributed by atoms with E-state index in [1.807, 2.05) is 4.90 Å². The Morgan fingerprint density at radius 3 is 2.45 bits per heavy atom. The fraction of sp³-hybridized carbons (Fsp3) is 0.217. The van der Waals surface area contributed by atoms with Crippen LogP contribution in [0.3, 0.4) is 0 Å². The molecule has 3 aromatic carbocycles. The zero-order chi connectivity index (χ0) is 23.6. The average molecular weight is 494 g/mol. The van der Waals surface area contributed by atoms with Crippen LogP contribution in [0.15, 0.2) is 54.6 Å². The Balaban J connectivity index is 1.59. The topological polar surface area (TPSA) is 53.6 Å². The van der Waals surface area contributed by atoms with Gasteiger partial charge in [-0.25, -0.2) is 0 Å². The van der Waals surface area contributed by atoms with Crippen LogP contribution < -0.4 is 15.5 Å². The van der Waals surface area contributed by atoms with E-state index in [4.69, 9.17) is 28.6 Å². The summed E-state index contributed by atoms with van der Waals surface area (Å²) in [7, 11) is 0. The third-order valence-corrected chi connectivity index (χ3v) is 5.80. The lowest BCUT2D eigenvalue weighted by Gasteiger charge is -2.31. The summed E-state index contributed by atoms with van der Waals surface area (Å²) in [4.78, 5) is 14.8. The number of rotatable bonds is 3. The highest BCUT2D eigenvalue weighted by Crippen LogP contribution is 2.36. The van der Waals surface area contributed by atoms with Crippen molar-refractivity contribution in [3.05, 3.63) is 70.7 Å². The summed E-state index contributed by atoms with van der Waals surface area (Å²) in [5.41, 5.74) is 0.217. The van der Waals surface area contributed by atoms with Crippen LogP contribution >= 0.6 is 23.8 Å². The zero-order valence-corrected chi connectivity index (χ0v) is 18.8. The lowest BCUT2D eigenvalue weighted by Crippen LogP contribution is -2.38. The number of nitrogens with one attached hydrogen (secondary N) is 2. The Morgan fingerprint density at radius 2 is 1.73 bits per heavy atom. The molecule has 0 bridgehead atoms. The maximum atomic E-state index is 13.3. The van der Waals surface area contributed by atoms with Gasteiger partial charge in [-0.3, -0.25) is 10.1 Å². The van der Waals surface area contributed by atoms with Crippen LogP contribution in [-0.4, -0.2) is 37.3 Å². The summed E-state index contributed by atoms with van der Waals surface area (Å²) < 4.78 is 45.3. The zero-order valence-electron chi connectivity index (χ0n) is 17.2. The van der Waals surface area contributed by atoms with Crippen LogP contribution in [0.1, 0.15) is 15.9 Å². The molecular weight excluding hydrogens is 475 g/mol. The number of morpholine rings is 1. The number of carbonyl (C=O) groups is 1. The fourth-order valence-electron chi connectivity index (χ4n) is 3.69. The number of fused-ring (bicyclic) bond motifs is 1. The number of halogens is 4. The first kappa shape index (κ1) is 23.3. The highest BCUT2D eigenvalue weighted by Gasteiger charge is 2.32. The lowest BCUT2D eigenvalue weighted by molar-refractivity contribution is -0.137. The van der Waals surface area contributed by atoms with Gasteiger partial charge in [0, 0.05) is 29.1 Å². The molecule has 0 aromatic heterocycles. The summed E-state index contributed by atoms with van der Waals surface area (Å²) in [6, 6.07) is 13.7. The van der Waals surface area contributed by atoms with E-state index in [2.05, 4.69) is 10.6 Å². The van der Waals surface area contributed by atoms with Crippen LogP contribution in [-0.2, 0) is 10.9 Å². The lowest BCUT2D eigenvalue weighted by atomic mass is 10.0. The van der Waals surface area contributed by atoms with Crippen LogP contribution in [0.2, 0.25) is 5.02 Å². The third kappa shape index (κ3) is 5.21. The Bertz CT molecular complexity index is 1210. The van der Waals surface area contributed by atoms with E-state index in [-0.39, 0.29) is 10.8 Å². The van der Waals surface area contributed by atoms with Gasteiger partial charge in [0.15, 0.2) is 5.11 Å². The molecule has 172 valence electrons. The van der Waals surface area contributed by atoms with E-state index in [0.29, 0.717) is 53.3 Å². The Morgan fingerprint density at radius 1 is 1.03 bits per heavy atom. The molecule has 1 aliphatic rings. The molecule has 1 heterocycles. The van der Waals surface area contributed by atoms with E-state index in [9.17, 15) is 18.0 Å². The summed E-state index contributed by atoms with van der Waals surface area (Å²) in [5.74, 6) is -0.500. The summed E-state index contributed by atoms with van der Waals surface area (Å²) in [6.07, 6.45) is -4.52. The number of benzene rings is 3. The molecule has 0 saturated carbocycles. The number of anilines is 2. The Kier molecular flexibility index (Phi) is 6.73. The van der Waals surface area contributed by atoms with Gasteiger partial charge in [-0.1, -0.05) is 35.9 Å². The molecule has 0 atom stereocenters. The average Bonchev–Trinajstić information content (AvgIpc) is 2.79. The summed E-state index contributed by atoms with van der Waals surface area (Å²) in [6.45, 7) is 1.97. The molecular formula is C23H19ClF3N3O2S. The molecule has 4 rings (SSSR count). The van der Waals surface area contributed by atoms with Crippen LogP contribution in [0.25, 0.3) is 10.8 Å². The second-order valence-corrected chi connectivity index (χ2v) is 8.19. The molecule has 1 amide bonds. The minimum Gasteiger partial charge on any atom is -0.378 e. The van der Waals surface area contributed by atoms with Gasteiger partial charge in [0.2, 0.25) is 0 Å². The van der Waals surface area contributed by atoms with Crippen LogP contribution in [0, 0.1) is 0 Å². The normalized spacial score (nSPS) is 14.2. The number of alkyl halides is 3. The van der Waals surface area contributed by atoms with Crippen LogP contribution in [0.4, 0.5) is 24.5 Å². The molecule has 0 unspecified atom stereocenters. The second kappa shape index (κ2) is 9.54. The van der Waals surface area contributed by atoms with Crippen molar-refractivity contribution in [1.82, 2.24) is 5.32 Å². The van der Waals surface area contributed by atoms with Crippen molar-refractivity contribution in [2.75, 3.05) is 36.5 Å². The largest absolute Gasteiger partial charge is 0.416 e. The second-order valence-electron chi connectivity index (χ2n) is 7.38. The van der Waals surface area contributed by atoms with Gasteiger partial charge in [-0.2, -0.15) is 13.2 Å². The van der Waals surface area contributed by atoms with E-state index in [1.165, 1.54) is 6.07 Å². The molecule has 1 saturated heterocycles. The predicted octanol–water partition coefficient (Wildman–Crippen LogP) is 5.48. The molecule has 3 aromatic rings. The maximum Gasteiger partial charge on any atom is 0.416 e. The number of thiocarbonyl (C=S) groups is 1. The first-order valence-electron chi connectivity index (χ1n) is 10.1. The van der Waals surface area contributed by atoms with Crippen LogP contribution in [0.5, 0.6) is 0 Å². The fourth-order valence-corrected chi connectivity index (χ4v) is 4.13. The van der Waals surface area contributed by atoms with Crippen molar-refractivity contribution in [2.45, 2.75) is 6.18 Å². The van der Waals surface area contributed by atoms with E-state index < -0.39 is 17.6 Å². The van der Waals surface area contributed by atoms with Crippen molar-refractivity contribution in [1.29, 1.82) is 0 Å². The van der Waals surface area contributed by atoms with Gasteiger partial charge in [0.05, 0.1) is 30.2 Å². The SMILES string of the molecule is O=C(NC(=S)Nc1cc(C(F)(F)F)ccc1N1CCOCC1)c1cccc2c(Cl)cccc12. The van der Waals surface area contributed by atoms with Gasteiger partial charge < -0.3 is 15.0 Å². The molecule has 0 aliphatic carbocycles. The molecule has 10 heteroatoms. The smallest absolute Gasteiger partial charge is 0.378 e. The minimum atomic E-state index is -4.52. The number of carbonyl (C=O) groups excluding carboxylic acids is 1. The summed E-state index contributed by atoms with van der Waals surface area (Å²) >= 11 is 11.5. The van der Waals surface area contributed by atoms with Crippen molar-refractivity contribution < 1.29 is 22.7 Å². The van der Waals surface area contributed by atoms with E-state index in [0.717, 1.165) is 12.1 Å². The molecule has 1 fully saturated rings. The Hall–Kier alpha value is -2.88. The number of nitrogens with zero attached hydrogens (tertiary/aromatic N) is 1. The van der Waals surface area contributed by atoms with E-state index in [1.54, 1.807) is 36.4 Å². The van der Waals surface area contributed by atoms with Gasteiger partial charge in [-0.15, -0.1) is 0 Å². The number of ether oxygens (including phenoxy) is 1. The van der Waals surface area contributed by atoms with Crippen molar-refractivity contribution in [2.24, 2.45) is 0 Å². The highest BCUT2D eigenvalue weighted by atomic mass is 35.5.